The molecule has 0 aliphatic heterocycles. The van der Waals surface area contributed by atoms with E-state index in [4.69, 9.17) is 4.74 Å². The molecule has 0 aliphatic rings. The van der Waals surface area contributed by atoms with Gasteiger partial charge in [0, 0.05) is 20.0 Å². The summed E-state index contributed by atoms with van der Waals surface area (Å²) in [5, 5.41) is 4.46. The standard InChI is InChI=1S/C18H18F3N3O5S/c1-10(25)22-13-6-4-11(8-15(13)29-3)30(27,28)24(2)9-16(26)23-14-7-5-12(19)17(20)18(14)21/h4-8H,9H2,1-3H3,(H,22,25)(H,23,26). The lowest BCUT2D eigenvalue weighted by molar-refractivity contribution is -0.116. The summed E-state index contributed by atoms with van der Waals surface area (Å²) >= 11 is 0. The average Bonchev–Trinajstić information content (AvgIpc) is 2.68. The minimum absolute atomic E-state index is 0.0768. The lowest BCUT2D eigenvalue weighted by Crippen LogP contribution is -2.35. The summed E-state index contributed by atoms with van der Waals surface area (Å²) in [5.41, 5.74) is -0.385. The molecule has 0 saturated heterocycles. The Hall–Kier alpha value is -3.12. The number of amides is 2. The maximum absolute atomic E-state index is 13.7. The van der Waals surface area contributed by atoms with Crippen molar-refractivity contribution in [2.24, 2.45) is 0 Å². The quantitative estimate of drug-likeness (QED) is 0.637. The second kappa shape index (κ2) is 9.13. The van der Waals surface area contributed by atoms with Crippen LogP contribution in [0.5, 0.6) is 5.75 Å². The summed E-state index contributed by atoms with van der Waals surface area (Å²) in [6, 6.07) is 5.11. The van der Waals surface area contributed by atoms with E-state index in [1.54, 1.807) is 0 Å². The first-order valence-electron chi connectivity index (χ1n) is 8.32. The maximum Gasteiger partial charge on any atom is 0.243 e. The van der Waals surface area contributed by atoms with E-state index in [1.807, 2.05) is 5.32 Å². The predicted octanol–water partition coefficient (Wildman–Crippen LogP) is 2.33. The Bertz CT molecular complexity index is 1090. The molecule has 2 aromatic carbocycles. The molecule has 162 valence electrons. The van der Waals surface area contributed by atoms with Gasteiger partial charge < -0.3 is 15.4 Å². The van der Waals surface area contributed by atoms with Gasteiger partial charge in [0.25, 0.3) is 0 Å². The van der Waals surface area contributed by atoms with E-state index < -0.39 is 45.6 Å². The van der Waals surface area contributed by atoms with E-state index in [0.29, 0.717) is 10.4 Å². The Balaban J connectivity index is 2.19. The second-order valence-electron chi connectivity index (χ2n) is 6.08. The van der Waals surface area contributed by atoms with Crippen LogP contribution in [-0.4, -0.2) is 45.2 Å². The summed E-state index contributed by atoms with van der Waals surface area (Å²) in [7, 11) is -1.79. The highest BCUT2D eigenvalue weighted by atomic mass is 32.2. The fourth-order valence-electron chi connectivity index (χ4n) is 2.40. The molecule has 0 saturated carbocycles. The molecule has 2 amide bonds. The minimum atomic E-state index is -4.18. The highest BCUT2D eigenvalue weighted by Crippen LogP contribution is 2.29. The molecular formula is C18H18F3N3O5S. The van der Waals surface area contributed by atoms with Crippen LogP contribution in [0.25, 0.3) is 0 Å². The Morgan fingerprint density at radius 1 is 1.03 bits per heavy atom. The fourth-order valence-corrected chi connectivity index (χ4v) is 3.55. The van der Waals surface area contributed by atoms with Gasteiger partial charge >= 0.3 is 0 Å². The highest BCUT2D eigenvalue weighted by molar-refractivity contribution is 7.89. The van der Waals surface area contributed by atoms with Crippen molar-refractivity contribution >= 4 is 33.2 Å². The van der Waals surface area contributed by atoms with Gasteiger partial charge in [-0.15, -0.1) is 0 Å². The minimum Gasteiger partial charge on any atom is -0.495 e. The SMILES string of the molecule is COc1cc(S(=O)(=O)N(C)CC(=O)Nc2ccc(F)c(F)c2F)ccc1NC(C)=O. The number of rotatable bonds is 7. The Morgan fingerprint density at radius 2 is 1.67 bits per heavy atom. The zero-order valence-electron chi connectivity index (χ0n) is 16.1. The molecule has 0 fully saturated rings. The molecule has 0 spiro atoms. The lowest BCUT2D eigenvalue weighted by Gasteiger charge is -2.18. The maximum atomic E-state index is 13.7. The van der Waals surface area contributed by atoms with Crippen molar-refractivity contribution < 1.29 is 35.9 Å². The first-order valence-corrected chi connectivity index (χ1v) is 9.76. The van der Waals surface area contributed by atoms with Gasteiger partial charge in [0.05, 0.1) is 29.9 Å². The molecule has 0 aromatic heterocycles. The Kier molecular flexibility index (Phi) is 7.05. The van der Waals surface area contributed by atoms with Crippen molar-refractivity contribution in [1.29, 1.82) is 0 Å². The zero-order valence-corrected chi connectivity index (χ0v) is 16.9. The zero-order chi connectivity index (χ0) is 22.6. The molecule has 0 atom stereocenters. The van der Waals surface area contributed by atoms with Crippen LogP contribution in [0.1, 0.15) is 6.92 Å². The monoisotopic (exact) mass is 445 g/mol. The van der Waals surface area contributed by atoms with Crippen molar-refractivity contribution in [2.75, 3.05) is 31.3 Å². The molecule has 0 aliphatic carbocycles. The second-order valence-corrected chi connectivity index (χ2v) is 8.12. The number of carbonyl (C=O) groups is 2. The normalized spacial score (nSPS) is 11.3. The Morgan fingerprint density at radius 3 is 2.27 bits per heavy atom. The van der Waals surface area contributed by atoms with Crippen LogP contribution in [-0.2, 0) is 19.6 Å². The molecule has 2 rings (SSSR count). The van der Waals surface area contributed by atoms with Gasteiger partial charge in [-0.1, -0.05) is 0 Å². The van der Waals surface area contributed by atoms with Crippen molar-refractivity contribution in [3.63, 3.8) is 0 Å². The molecule has 30 heavy (non-hydrogen) atoms. The predicted molar refractivity (Wildman–Crippen MR) is 102 cm³/mol. The fraction of sp³-hybridized carbons (Fsp3) is 0.222. The molecule has 0 heterocycles. The molecule has 2 N–H and O–H groups in total. The van der Waals surface area contributed by atoms with Crippen LogP contribution >= 0.6 is 0 Å². The van der Waals surface area contributed by atoms with Gasteiger partial charge in [0.15, 0.2) is 17.5 Å². The van der Waals surface area contributed by atoms with Crippen LogP contribution in [0.4, 0.5) is 24.5 Å². The number of hydrogen-bond acceptors (Lipinski definition) is 5. The average molecular weight is 445 g/mol. The number of halogens is 3. The number of nitrogens with one attached hydrogen (secondary N) is 2. The van der Waals surface area contributed by atoms with Crippen molar-refractivity contribution in [2.45, 2.75) is 11.8 Å². The molecule has 8 nitrogen and oxygen atoms in total. The largest absolute Gasteiger partial charge is 0.495 e. The molecule has 0 radical (unpaired) electrons. The Labute approximate surface area is 170 Å². The van der Waals surface area contributed by atoms with Crippen LogP contribution in [0.2, 0.25) is 0 Å². The van der Waals surface area contributed by atoms with Crippen LogP contribution in [0, 0.1) is 17.5 Å². The van der Waals surface area contributed by atoms with Gasteiger partial charge in [-0.2, -0.15) is 4.31 Å². The molecule has 0 unspecified atom stereocenters. The van der Waals surface area contributed by atoms with Gasteiger partial charge in [-0.25, -0.2) is 21.6 Å². The van der Waals surface area contributed by atoms with E-state index in [9.17, 15) is 31.2 Å². The van der Waals surface area contributed by atoms with Gasteiger partial charge in [-0.05, 0) is 24.3 Å². The first kappa shape index (κ1) is 23.2. The third kappa shape index (κ3) is 5.07. The van der Waals surface area contributed by atoms with Gasteiger partial charge in [-0.3, -0.25) is 9.59 Å². The number of benzene rings is 2. The summed E-state index contributed by atoms with van der Waals surface area (Å²) < 4.78 is 71.0. The van der Waals surface area contributed by atoms with E-state index in [-0.39, 0.29) is 22.2 Å². The summed E-state index contributed by atoms with van der Waals surface area (Å²) in [5.74, 6) is -6.09. The molecular weight excluding hydrogens is 427 g/mol. The van der Waals surface area contributed by atoms with Crippen LogP contribution < -0.4 is 15.4 Å². The number of likely N-dealkylation sites (N-methyl/N-ethyl adjacent to an activating group) is 1. The number of methoxy groups -OCH3 is 1. The van der Waals surface area contributed by atoms with E-state index in [1.165, 1.54) is 26.2 Å². The number of hydrogen-bond donors (Lipinski definition) is 2. The van der Waals surface area contributed by atoms with Gasteiger partial charge in [0.2, 0.25) is 21.8 Å². The van der Waals surface area contributed by atoms with Gasteiger partial charge in [0.1, 0.15) is 5.75 Å². The highest BCUT2D eigenvalue weighted by Gasteiger charge is 2.25. The third-order valence-electron chi connectivity index (χ3n) is 3.87. The van der Waals surface area contributed by atoms with Crippen molar-refractivity contribution in [3.05, 3.63) is 47.8 Å². The smallest absolute Gasteiger partial charge is 0.243 e. The van der Waals surface area contributed by atoms with Crippen LogP contribution in [0.3, 0.4) is 0 Å². The lowest BCUT2D eigenvalue weighted by atomic mass is 10.2. The number of ether oxygens (including phenoxy) is 1. The number of anilines is 2. The van der Waals surface area contributed by atoms with E-state index >= 15 is 0 Å². The number of sulfonamides is 1. The third-order valence-corrected chi connectivity index (χ3v) is 5.67. The molecule has 12 heteroatoms. The molecule has 2 aromatic rings. The van der Waals surface area contributed by atoms with Crippen LogP contribution in [0.15, 0.2) is 35.2 Å². The number of carbonyl (C=O) groups excluding carboxylic acids is 2. The van der Waals surface area contributed by atoms with E-state index in [0.717, 1.165) is 19.2 Å². The summed E-state index contributed by atoms with van der Waals surface area (Å²) in [6.45, 7) is 0.531. The molecule has 0 bridgehead atoms. The van der Waals surface area contributed by atoms with E-state index in [2.05, 4.69) is 5.32 Å². The van der Waals surface area contributed by atoms with Crippen molar-refractivity contribution in [1.82, 2.24) is 4.31 Å². The summed E-state index contributed by atoms with van der Waals surface area (Å²) in [4.78, 5) is 23.0. The first-order chi connectivity index (χ1) is 14.0. The topological polar surface area (TPSA) is 105 Å². The van der Waals surface area contributed by atoms with Crippen molar-refractivity contribution in [3.8, 4) is 5.75 Å². The summed E-state index contributed by atoms with van der Waals surface area (Å²) in [6.07, 6.45) is 0. The number of nitrogens with zero attached hydrogens (tertiary/aromatic N) is 1.